The van der Waals surface area contributed by atoms with E-state index in [2.05, 4.69) is 23.9 Å². The third-order valence-corrected chi connectivity index (χ3v) is 2.73. The molecule has 0 saturated carbocycles. The van der Waals surface area contributed by atoms with Crippen LogP contribution in [0.3, 0.4) is 0 Å². The molecule has 0 saturated heterocycles. The van der Waals surface area contributed by atoms with Crippen LogP contribution in [0.15, 0.2) is 24.5 Å². The average molecular weight is 266 g/mol. The molecule has 4 heteroatoms. The molecular formula is C14H20ClN3. The molecule has 2 aromatic heterocycles. The lowest BCUT2D eigenvalue weighted by atomic mass is 10.2. The van der Waals surface area contributed by atoms with E-state index in [9.17, 15) is 0 Å². The topological polar surface area (TPSA) is 30.7 Å². The number of aromatic nitrogens is 3. The molecule has 0 fully saturated rings. The van der Waals surface area contributed by atoms with Crippen LogP contribution in [0, 0.1) is 6.92 Å². The molecule has 0 bridgehead atoms. The first-order valence-electron chi connectivity index (χ1n) is 6.26. The Morgan fingerprint density at radius 3 is 2.39 bits per heavy atom. The summed E-state index contributed by atoms with van der Waals surface area (Å²) in [4.78, 5) is 4.27. The van der Waals surface area contributed by atoms with Gasteiger partial charge >= 0.3 is 0 Å². The van der Waals surface area contributed by atoms with E-state index in [1.807, 2.05) is 43.8 Å². The Morgan fingerprint density at radius 2 is 1.89 bits per heavy atom. The fraction of sp³-hybridized carbons (Fsp3) is 0.429. The van der Waals surface area contributed by atoms with Gasteiger partial charge in [-0.15, -0.1) is 0 Å². The van der Waals surface area contributed by atoms with E-state index in [-0.39, 0.29) is 0 Å². The van der Waals surface area contributed by atoms with Crippen LogP contribution in [0.1, 0.15) is 39.3 Å². The first-order valence-corrected chi connectivity index (χ1v) is 6.64. The molecule has 0 aliphatic carbocycles. The van der Waals surface area contributed by atoms with Gasteiger partial charge in [0.15, 0.2) is 0 Å². The minimum Gasteiger partial charge on any atom is -0.269 e. The predicted molar refractivity (Wildman–Crippen MR) is 76.9 cm³/mol. The molecule has 0 amide bonds. The van der Waals surface area contributed by atoms with E-state index in [4.69, 9.17) is 11.6 Å². The zero-order valence-electron chi connectivity index (χ0n) is 11.6. The molecule has 2 aromatic rings. The maximum atomic E-state index is 6.11. The summed E-state index contributed by atoms with van der Waals surface area (Å²) in [5.74, 6) is 0. The van der Waals surface area contributed by atoms with Gasteiger partial charge in [-0.3, -0.25) is 9.67 Å². The molecule has 2 heterocycles. The van der Waals surface area contributed by atoms with E-state index in [0.717, 1.165) is 17.0 Å². The lowest BCUT2D eigenvalue weighted by Crippen LogP contribution is -2.01. The highest BCUT2D eigenvalue weighted by Crippen LogP contribution is 2.27. The first kappa shape index (κ1) is 14.7. The summed E-state index contributed by atoms with van der Waals surface area (Å²) in [6.07, 6.45) is 3.75. The highest BCUT2D eigenvalue weighted by molar-refractivity contribution is 6.32. The smallest absolute Gasteiger partial charge is 0.115 e. The van der Waals surface area contributed by atoms with Crippen LogP contribution < -0.4 is 0 Å². The molecule has 0 N–H and O–H groups in total. The lowest BCUT2D eigenvalue weighted by molar-refractivity contribution is 0.533. The summed E-state index contributed by atoms with van der Waals surface area (Å²) in [7, 11) is 0. The average Bonchev–Trinajstić information content (AvgIpc) is 2.75. The van der Waals surface area contributed by atoms with Crippen LogP contribution in [0.25, 0.3) is 11.4 Å². The molecular weight excluding hydrogens is 246 g/mol. The second-order valence-electron chi connectivity index (χ2n) is 4.07. The Labute approximate surface area is 114 Å². The van der Waals surface area contributed by atoms with Crippen molar-refractivity contribution in [2.24, 2.45) is 0 Å². The minimum absolute atomic E-state index is 0.343. The van der Waals surface area contributed by atoms with Crippen LogP contribution in [-0.2, 0) is 0 Å². The number of nitrogens with zero attached hydrogens (tertiary/aromatic N) is 3. The second-order valence-corrected chi connectivity index (χ2v) is 4.48. The van der Waals surface area contributed by atoms with Crippen LogP contribution in [-0.4, -0.2) is 14.8 Å². The maximum absolute atomic E-state index is 6.11. The quantitative estimate of drug-likeness (QED) is 0.800. The zero-order valence-corrected chi connectivity index (χ0v) is 12.4. The Kier molecular flexibility index (Phi) is 5.35. The Hall–Kier alpha value is -1.35. The van der Waals surface area contributed by atoms with Crippen molar-refractivity contribution in [2.75, 3.05) is 0 Å². The number of pyridine rings is 1. The lowest BCUT2D eigenvalue weighted by Gasteiger charge is -2.03. The summed E-state index contributed by atoms with van der Waals surface area (Å²) in [6, 6.07) is 3.99. The van der Waals surface area contributed by atoms with Gasteiger partial charge in [-0.1, -0.05) is 25.4 Å². The normalized spacial score (nSPS) is 10.2. The van der Waals surface area contributed by atoms with Gasteiger partial charge in [-0.05, 0) is 38.5 Å². The van der Waals surface area contributed by atoms with Crippen molar-refractivity contribution < 1.29 is 0 Å². The highest BCUT2D eigenvalue weighted by Gasteiger charge is 2.13. The van der Waals surface area contributed by atoms with Crippen molar-refractivity contribution in [3.63, 3.8) is 0 Å². The van der Waals surface area contributed by atoms with E-state index in [1.54, 1.807) is 6.20 Å². The molecule has 0 aliphatic rings. The predicted octanol–water partition coefficient (Wildman–Crippen LogP) is 4.51. The van der Waals surface area contributed by atoms with Crippen LogP contribution in [0.2, 0.25) is 5.02 Å². The monoisotopic (exact) mass is 265 g/mol. The number of halogens is 1. The Balaban J connectivity index is 0.000000771. The van der Waals surface area contributed by atoms with Gasteiger partial charge in [0, 0.05) is 18.4 Å². The van der Waals surface area contributed by atoms with Crippen molar-refractivity contribution in [1.82, 2.24) is 14.8 Å². The Bertz CT molecular complexity index is 503. The number of rotatable bonds is 2. The molecule has 0 radical (unpaired) electrons. The summed E-state index contributed by atoms with van der Waals surface area (Å²) in [5.41, 5.74) is 2.70. The number of hydrogen-bond donors (Lipinski definition) is 0. The molecule has 18 heavy (non-hydrogen) atoms. The van der Waals surface area contributed by atoms with Crippen molar-refractivity contribution in [2.45, 2.75) is 40.7 Å². The van der Waals surface area contributed by atoms with E-state index >= 15 is 0 Å². The molecule has 2 rings (SSSR count). The van der Waals surface area contributed by atoms with Crippen molar-refractivity contribution in [1.29, 1.82) is 0 Å². The molecule has 3 nitrogen and oxygen atoms in total. The third-order valence-electron chi connectivity index (χ3n) is 2.43. The first-order chi connectivity index (χ1) is 8.59. The summed E-state index contributed by atoms with van der Waals surface area (Å²) in [5, 5.41) is 5.15. The van der Waals surface area contributed by atoms with E-state index in [1.165, 1.54) is 0 Å². The molecule has 0 unspecified atom stereocenters. The van der Waals surface area contributed by atoms with Gasteiger partial charge in [-0.25, -0.2) is 0 Å². The fourth-order valence-electron chi connectivity index (χ4n) is 1.54. The van der Waals surface area contributed by atoms with Crippen molar-refractivity contribution in [3.8, 4) is 11.4 Å². The van der Waals surface area contributed by atoms with Gasteiger partial charge < -0.3 is 0 Å². The van der Waals surface area contributed by atoms with E-state index < -0.39 is 0 Å². The SMILES string of the molecule is CC.Cc1cn(C(C)C)nc1-c1ncccc1Cl. The van der Waals surface area contributed by atoms with Crippen LogP contribution in [0.5, 0.6) is 0 Å². The molecule has 98 valence electrons. The summed E-state index contributed by atoms with van der Waals surface area (Å²) >= 11 is 6.11. The third kappa shape index (κ3) is 3.10. The van der Waals surface area contributed by atoms with Gasteiger partial charge in [0.05, 0.1) is 5.02 Å². The summed E-state index contributed by atoms with van der Waals surface area (Å²) in [6.45, 7) is 10.2. The number of aryl methyl sites for hydroxylation is 1. The molecule has 0 spiro atoms. The minimum atomic E-state index is 0.343. The van der Waals surface area contributed by atoms with Crippen LogP contribution in [0.4, 0.5) is 0 Å². The largest absolute Gasteiger partial charge is 0.269 e. The molecule has 0 aliphatic heterocycles. The highest BCUT2D eigenvalue weighted by atomic mass is 35.5. The van der Waals surface area contributed by atoms with Gasteiger partial charge in [0.2, 0.25) is 0 Å². The zero-order chi connectivity index (χ0) is 13.7. The number of hydrogen-bond acceptors (Lipinski definition) is 2. The second kappa shape index (κ2) is 6.55. The van der Waals surface area contributed by atoms with Crippen LogP contribution >= 0.6 is 11.6 Å². The van der Waals surface area contributed by atoms with E-state index in [0.29, 0.717) is 11.1 Å². The standard InChI is InChI=1S/C12H14ClN3.C2H6/c1-8(2)16-7-9(3)11(15-16)12-10(13)5-4-6-14-12;1-2/h4-8H,1-3H3;1-2H3. The molecule has 0 aromatic carbocycles. The molecule has 0 atom stereocenters. The van der Waals surface area contributed by atoms with Gasteiger partial charge in [0.1, 0.15) is 11.4 Å². The van der Waals surface area contributed by atoms with Crippen molar-refractivity contribution >= 4 is 11.6 Å². The fourth-order valence-corrected chi connectivity index (χ4v) is 1.75. The Morgan fingerprint density at radius 1 is 1.22 bits per heavy atom. The maximum Gasteiger partial charge on any atom is 0.115 e. The summed E-state index contributed by atoms with van der Waals surface area (Å²) < 4.78 is 1.93. The van der Waals surface area contributed by atoms with Crippen molar-refractivity contribution in [3.05, 3.63) is 35.1 Å². The van der Waals surface area contributed by atoms with Gasteiger partial charge in [0.25, 0.3) is 0 Å². The van der Waals surface area contributed by atoms with Gasteiger partial charge in [-0.2, -0.15) is 5.10 Å².